The van der Waals surface area contributed by atoms with Crippen LogP contribution in [-0.2, 0) is 16.1 Å². The van der Waals surface area contributed by atoms with E-state index in [0.29, 0.717) is 25.6 Å². The molecule has 0 radical (unpaired) electrons. The lowest BCUT2D eigenvalue weighted by Gasteiger charge is -2.23. The molecule has 1 aromatic heterocycles. The van der Waals surface area contributed by atoms with E-state index < -0.39 is 0 Å². The topological polar surface area (TPSA) is 68.2 Å². The fourth-order valence-electron chi connectivity index (χ4n) is 3.09. The zero-order valence-corrected chi connectivity index (χ0v) is 17.3. The van der Waals surface area contributed by atoms with Crippen LogP contribution in [0.25, 0.3) is 0 Å². The van der Waals surface area contributed by atoms with Gasteiger partial charge in [0.25, 0.3) is 0 Å². The molecule has 1 atom stereocenters. The molecule has 2 N–H and O–H groups in total. The van der Waals surface area contributed by atoms with E-state index in [-0.39, 0.29) is 36.8 Å². The maximum absolute atomic E-state index is 12.2. The number of aromatic nitrogens is 2. The largest absolute Gasteiger partial charge is 0.378 e. The minimum absolute atomic E-state index is 0. The van der Waals surface area contributed by atoms with Crippen LogP contribution in [0.3, 0.4) is 0 Å². The third kappa shape index (κ3) is 6.81. The third-order valence-corrected chi connectivity index (χ3v) is 4.26. The number of nitrogens with one attached hydrogen (secondary N) is 2. The van der Waals surface area contributed by atoms with Gasteiger partial charge in [0.15, 0.2) is 0 Å². The summed E-state index contributed by atoms with van der Waals surface area (Å²) in [5.41, 5.74) is 1.96. The number of imidazole rings is 1. The van der Waals surface area contributed by atoms with Crippen LogP contribution in [0.15, 0.2) is 36.7 Å². The predicted molar refractivity (Wildman–Crippen MR) is 112 cm³/mol. The van der Waals surface area contributed by atoms with Gasteiger partial charge >= 0.3 is 0 Å². The second-order valence-corrected chi connectivity index (χ2v) is 6.75. The highest BCUT2D eigenvalue weighted by atomic mass is 35.5. The van der Waals surface area contributed by atoms with Crippen LogP contribution >= 0.6 is 24.8 Å². The van der Waals surface area contributed by atoms with Crippen LogP contribution in [0.1, 0.15) is 37.6 Å². The van der Waals surface area contributed by atoms with Gasteiger partial charge in [0.05, 0.1) is 13.2 Å². The van der Waals surface area contributed by atoms with Crippen molar-refractivity contribution in [1.82, 2.24) is 14.9 Å². The maximum atomic E-state index is 12.2. The highest BCUT2D eigenvalue weighted by molar-refractivity contribution is 5.91. The summed E-state index contributed by atoms with van der Waals surface area (Å²) in [6.45, 7) is 7.13. The molecule has 1 aliphatic rings. The van der Waals surface area contributed by atoms with Gasteiger partial charge in [0.1, 0.15) is 5.82 Å². The SMILES string of the molecule is CC(C)c1nccn1Cc1cccc(NC(=O)CC2COCCN2)c1.Cl.Cl. The van der Waals surface area contributed by atoms with Gasteiger partial charge in [-0.15, -0.1) is 24.8 Å². The summed E-state index contributed by atoms with van der Waals surface area (Å²) in [5.74, 6) is 1.45. The number of carbonyl (C=O) groups excluding carboxylic acids is 1. The number of hydrogen-bond donors (Lipinski definition) is 2. The predicted octanol–water partition coefficient (Wildman–Crippen LogP) is 3.22. The van der Waals surface area contributed by atoms with Gasteiger partial charge in [-0.1, -0.05) is 26.0 Å². The van der Waals surface area contributed by atoms with Gasteiger partial charge in [-0.05, 0) is 17.7 Å². The van der Waals surface area contributed by atoms with E-state index in [1.807, 2.05) is 30.6 Å². The van der Waals surface area contributed by atoms with Crippen LogP contribution in [-0.4, -0.2) is 41.3 Å². The summed E-state index contributed by atoms with van der Waals surface area (Å²) >= 11 is 0. The molecule has 0 aliphatic carbocycles. The van der Waals surface area contributed by atoms with E-state index in [1.165, 1.54) is 0 Å². The van der Waals surface area contributed by atoms with Crippen molar-refractivity contribution in [2.24, 2.45) is 0 Å². The molecule has 1 saturated heterocycles. The molecule has 1 amide bonds. The van der Waals surface area contributed by atoms with E-state index in [9.17, 15) is 4.79 Å². The fraction of sp³-hybridized carbons (Fsp3) is 0.474. The monoisotopic (exact) mass is 414 g/mol. The lowest BCUT2D eigenvalue weighted by molar-refractivity contribution is -0.117. The zero-order chi connectivity index (χ0) is 17.6. The highest BCUT2D eigenvalue weighted by Crippen LogP contribution is 2.17. The number of benzene rings is 1. The molecule has 2 aromatic rings. The average molecular weight is 415 g/mol. The summed E-state index contributed by atoms with van der Waals surface area (Å²) in [4.78, 5) is 16.7. The molecular formula is C19H28Cl2N4O2. The Morgan fingerprint density at radius 3 is 2.93 bits per heavy atom. The smallest absolute Gasteiger partial charge is 0.226 e. The van der Waals surface area contributed by atoms with Gasteiger partial charge in [-0.3, -0.25) is 4.79 Å². The quantitative estimate of drug-likeness (QED) is 0.761. The molecule has 3 rings (SSSR count). The van der Waals surface area contributed by atoms with Crippen molar-refractivity contribution in [1.29, 1.82) is 0 Å². The Kier molecular flexibility index (Phi) is 9.80. The summed E-state index contributed by atoms with van der Waals surface area (Å²) in [6, 6.07) is 8.07. The van der Waals surface area contributed by atoms with Crippen molar-refractivity contribution in [3.63, 3.8) is 0 Å². The van der Waals surface area contributed by atoms with Crippen molar-refractivity contribution < 1.29 is 9.53 Å². The first-order valence-electron chi connectivity index (χ1n) is 8.83. The number of amides is 1. The van der Waals surface area contributed by atoms with Crippen molar-refractivity contribution in [3.05, 3.63) is 48.0 Å². The average Bonchev–Trinajstić information content (AvgIpc) is 3.04. The molecule has 2 heterocycles. The molecule has 0 spiro atoms. The zero-order valence-electron chi connectivity index (χ0n) is 15.7. The van der Waals surface area contributed by atoms with Gasteiger partial charge < -0.3 is 19.9 Å². The molecule has 1 unspecified atom stereocenters. The Bertz CT molecular complexity index is 715. The second kappa shape index (κ2) is 11.3. The molecule has 1 aliphatic heterocycles. The van der Waals surface area contributed by atoms with Crippen LogP contribution in [0, 0.1) is 0 Å². The molecular weight excluding hydrogens is 387 g/mol. The third-order valence-electron chi connectivity index (χ3n) is 4.26. The van der Waals surface area contributed by atoms with Gasteiger partial charge in [-0.2, -0.15) is 0 Å². The molecule has 8 heteroatoms. The first-order chi connectivity index (χ1) is 12.1. The molecule has 1 fully saturated rings. The Labute approximate surface area is 172 Å². The number of nitrogens with zero attached hydrogens (tertiary/aromatic N) is 2. The fourth-order valence-corrected chi connectivity index (χ4v) is 3.09. The molecule has 0 bridgehead atoms. The molecule has 6 nitrogen and oxygen atoms in total. The summed E-state index contributed by atoms with van der Waals surface area (Å²) in [6.07, 6.45) is 4.25. The number of hydrogen-bond acceptors (Lipinski definition) is 4. The summed E-state index contributed by atoms with van der Waals surface area (Å²) in [5, 5.41) is 6.28. The minimum Gasteiger partial charge on any atom is -0.378 e. The van der Waals surface area contributed by atoms with Crippen molar-refractivity contribution in [3.8, 4) is 0 Å². The van der Waals surface area contributed by atoms with E-state index in [0.717, 1.165) is 30.2 Å². The number of ether oxygens (including phenoxy) is 1. The Morgan fingerprint density at radius 2 is 2.22 bits per heavy atom. The standard InChI is InChI=1S/C19H26N4O2.2ClH/c1-14(2)19-21-6-8-23(19)12-15-4-3-5-16(10-15)22-18(24)11-17-13-25-9-7-20-17;;/h3-6,8,10,14,17,20H,7,9,11-13H2,1-2H3,(H,22,24);2*1H. The van der Waals surface area contributed by atoms with Crippen LogP contribution in [0.5, 0.6) is 0 Å². The van der Waals surface area contributed by atoms with Crippen LogP contribution in [0.4, 0.5) is 5.69 Å². The molecule has 150 valence electrons. The van der Waals surface area contributed by atoms with Crippen LogP contribution < -0.4 is 10.6 Å². The number of halogens is 2. The maximum Gasteiger partial charge on any atom is 0.226 e. The Balaban J connectivity index is 0.00000182. The van der Waals surface area contributed by atoms with Crippen LogP contribution in [0.2, 0.25) is 0 Å². The second-order valence-electron chi connectivity index (χ2n) is 6.75. The Morgan fingerprint density at radius 1 is 1.41 bits per heavy atom. The lowest BCUT2D eigenvalue weighted by Crippen LogP contribution is -2.43. The van der Waals surface area contributed by atoms with E-state index in [1.54, 1.807) is 0 Å². The number of rotatable bonds is 6. The summed E-state index contributed by atoms with van der Waals surface area (Å²) < 4.78 is 7.54. The van der Waals surface area contributed by atoms with Crippen molar-refractivity contribution >= 4 is 36.4 Å². The van der Waals surface area contributed by atoms with Gasteiger partial charge in [-0.25, -0.2) is 4.98 Å². The Hall–Kier alpha value is -1.60. The number of morpholine rings is 1. The minimum atomic E-state index is 0. The molecule has 0 saturated carbocycles. The first-order valence-corrected chi connectivity index (χ1v) is 8.83. The van der Waals surface area contributed by atoms with Crippen molar-refractivity contribution in [2.75, 3.05) is 25.1 Å². The van der Waals surface area contributed by atoms with E-state index in [2.05, 4.69) is 40.1 Å². The first kappa shape index (κ1) is 23.4. The normalized spacial score (nSPS) is 16.3. The highest BCUT2D eigenvalue weighted by Gasteiger charge is 2.17. The van der Waals surface area contributed by atoms with Gasteiger partial charge in [0, 0.05) is 49.6 Å². The van der Waals surface area contributed by atoms with Crippen molar-refractivity contribution in [2.45, 2.75) is 38.8 Å². The number of anilines is 1. The van der Waals surface area contributed by atoms with E-state index in [4.69, 9.17) is 4.74 Å². The molecule has 1 aromatic carbocycles. The van der Waals surface area contributed by atoms with E-state index >= 15 is 0 Å². The van der Waals surface area contributed by atoms with Gasteiger partial charge in [0.2, 0.25) is 5.91 Å². The molecule has 27 heavy (non-hydrogen) atoms. The lowest BCUT2D eigenvalue weighted by atomic mass is 10.1. The summed E-state index contributed by atoms with van der Waals surface area (Å²) in [7, 11) is 0. The number of carbonyl (C=O) groups is 1.